The summed E-state index contributed by atoms with van der Waals surface area (Å²) >= 11 is 1.71. The van der Waals surface area contributed by atoms with Gasteiger partial charge in [-0.15, -0.1) is 11.8 Å². The molecule has 8 heteroatoms. The highest BCUT2D eigenvalue weighted by atomic mass is 32.2. The van der Waals surface area contributed by atoms with Crippen molar-refractivity contribution in [2.45, 2.75) is 29.6 Å². The number of hydrogen-bond acceptors (Lipinski definition) is 5. The molecule has 6 nitrogen and oxygen atoms in total. The first-order chi connectivity index (χ1) is 12.5. The normalized spacial score (nSPS) is 18.1. The van der Waals surface area contributed by atoms with Crippen molar-refractivity contribution in [3.05, 3.63) is 41.9 Å². The van der Waals surface area contributed by atoms with Gasteiger partial charge in [-0.1, -0.05) is 12.1 Å². The highest BCUT2D eigenvalue weighted by Crippen LogP contribution is 2.36. The van der Waals surface area contributed by atoms with Crippen LogP contribution in [0.3, 0.4) is 0 Å². The number of para-hydroxylation sites is 1. The molecule has 4 rings (SSSR count). The number of sulfonamides is 1. The predicted octanol–water partition coefficient (Wildman–Crippen LogP) is 3.13. The largest absolute Gasteiger partial charge is 0.455 e. The molecule has 0 bridgehead atoms. The summed E-state index contributed by atoms with van der Waals surface area (Å²) in [6.45, 7) is 3.20. The molecule has 3 heterocycles. The topological polar surface area (TPSA) is 70.8 Å². The van der Waals surface area contributed by atoms with E-state index < -0.39 is 10.0 Å². The van der Waals surface area contributed by atoms with Gasteiger partial charge in [0.05, 0.1) is 5.69 Å². The fraction of sp³-hybridized carbons (Fsp3) is 0.389. The van der Waals surface area contributed by atoms with Gasteiger partial charge in [0.15, 0.2) is 5.76 Å². The van der Waals surface area contributed by atoms with E-state index in [4.69, 9.17) is 4.42 Å². The number of anilines is 1. The SMILES string of the molecule is Cc1oc(C(=O)N2CCSc3ccccc32)cc1S(=O)(=O)N1CCCC1. The Bertz CT molecular complexity index is 946. The molecular weight excluding hydrogens is 372 g/mol. The zero-order valence-corrected chi connectivity index (χ0v) is 16.1. The summed E-state index contributed by atoms with van der Waals surface area (Å²) in [7, 11) is -3.61. The molecular formula is C18H20N2O4S2. The Morgan fingerprint density at radius 2 is 1.88 bits per heavy atom. The maximum Gasteiger partial charge on any atom is 0.294 e. The highest BCUT2D eigenvalue weighted by molar-refractivity contribution is 7.99. The molecule has 1 aromatic heterocycles. The van der Waals surface area contributed by atoms with Gasteiger partial charge >= 0.3 is 0 Å². The smallest absolute Gasteiger partial charge is 0.294 e. The number of hydrogen-bond donors (Lipinski definition) is 0. The number of amides is 1. The van der Waals surface area contributed by atoms with E-state index in [0.29, 0.717) is 19.6 Å². The number of carbonyl (C=O) groups excluding carboxylic acids is 1. The molecule has 138 valence electrons. The van der Waals surface area contributed by atoms with Gasteiger partial charge in [-0.2, -0.15) is 4.31 Å². The first kappa shape index (κ1) is 17.6. The van der Waals surface area contributed by atoms with Crippen LogP contribution >= 0.6 is 11.8 Å². The second-order valence-electron chi connectivity index (χ2n) is 6.42. The number of furan rings is 1. The Balaban J connectivity index is 1.67. The molecule has 0 atom stereocenters. The van der Waals surface area contributed by atoms with Crippen LogP contribution in [0.25, 0.3) is 0 Å². The fourth-order valence-corrected chi connectivity index (χ4v) is 6.08. The van der Waals surface area contributed by atoms with Gasteiger partial charge in [-0.25, -0.2) is 8.42 Å². The van der Waals surface area contributed by atoms with Gasteiger partial charge in [0.2, 0.25) is 10.0 Å². The van der Waals surface area contributed by atoms with Crippen LogP contribution in [-0.2, 0) is 10.0 Å². The van der Waals surface area contributed by atoms with E-state index in [1.54, 1.807) is 23.6 Å². The van der Waals surface area contributed by atoms with Gasteiger partial charge in [-0.3, -0.25) is 4.79 Å². The summed E-state index contributed by atoms with van der Waals surface area (Å²) in [4.78, 5) is 15.8. The van der Waals surface area contributed by atoms with Crippen molar-refractivity contribution in [3.8, 4) is 0 Å². The Morgan fingerprint density at radius 3 is 2.65 bits per heavy atom. The maximum absolute atomic E-state index is 13.0. The van der Waals surface area contributed by atoms with Gasteiger partial charge in [-0.05, 0) is 31.9 Å². The van der Waals surface area contributed by atoms with E-state index >= 15 is 0 Å². The van der Waals surface area contributed by atoms with Crippen molar-refractivity contribution in [2.24, 2.45) is 0 Å². The third-order valence-electron chi connectivity index (χ3n) is 4.74. The lowest BCUT2D eigenvalue weighted by molar-refractivity contribution is 0.0959. The molecule has 0 aliphatic carbocycles. The highest BCUT2D eigenvalue weighted by Gasteiger charge is 2.33. The van der Waals surface area contributed by atoms with Crippen LogP contribution in [0.15, 0.2) is 44.5 Å². The van der Waals surface area contributed by atoms with Crippen LogP contribution in [0.1, 0.15) is 29.2 Å². The van der Waals surface area contributed by atoms with Crippen molar-refractivity contribution in [2.75, 3.05) is 30.3 Å². The summed E-state index contributed by atoms with van der Waals surface area (Å²) in [6, 6.07) is 9.10. The minimum atomic E-state index is -3.61. The van der Waals surface area contributed by atoms with Crippen molar-refractivity contribution < 1.29 is 17.6 Å². The van der Waals surface area contributed by atoms with Crippen LogP contribution in [-0.4, -0.2) is 44.0 Å². The predicted molar refractivity (Wildman–Crippen MR) is 100 cm³/mol. The van der Waals surface area contributed by atoms with Crippen LogP contribution in [0.4, 0.5) is 5.69 Å². The molecule has 0 N–H and O–H groups in total. The second kappa shape index (κ2) is 6.75. The van der Waals surface area contributed by atoms with Crippen molar-refractivity contribution in [3.63, 3.8) is 0 Å². The van der Waals surface area contributed by atoms with Gasteiger partial charge < -0.3 is 9.32 Å². The molecule has 1 fully saturated rings. The molecule has 0 saturated carbocycles. The Hall–Kier alpha value is -1.77. The summed E-state index contributed by atoms with van der Waals surface area (Å²) < 4.78 is 32.7. The number of benzene rings is 1. The van der Waals surface area contributed by atoms with Gasteiger partial charge in [0.25, 0.3) is 5.91 Å². The molecule has 1 amide bonds. The zero-order valence-electron chi connectivity index (χ0n) is 14.5. The average molecular weight is 393 g/mol. The van der Waals surface area contributed by atoms with E-state index in [1.165, 1.54) is 10.4 Å². The van der Waals surface area contributed by atoms with Crippen LogP contribution in [0.5, 0.6) is 0 Å². The number of thioether (sulfide) groups is 1. The van der Waals surface area contributed by atoms with E-state index in [1.807, 2.05) is 24.3 Å². The second-order valence-corrected chi connectivity index (χ2v) is 9.46. The summed E-state index contributed by atoms with van der Waals surface area (Å²) in [5.41, 5.74) is 0.840. The summed E-state index contributed by atoms with van der Waals surface area (Å²) in [6.07, 6.45) is 1.73. The monoisotopic (exact) mass is 392 g/mol. The molecule has 0 spiro atoms. The minimum absolute atomic E-state index is 0.0713. The number of rotatable bonds is 3. The lowest BCUT2D eigenvalue weighted by atomic mass is 10.2. The van der Waals surface area contributed by atoms with E-state index in [2.05, 4.69) is 0 Å². The van der Waals surface area contributed by atoms with Crippen molar-refractivity contribution in [1.82, 2.24) is 4.31 Å². The fourth-order valence-electron chi connectivity index (χ4n) is 3.41. The van der Waals surface area contributed by atoms with Crippen molar-refractivity contribution in [1.29, 1.82) is 0 Å². The van der Waals surface area contributed by atoms with Crippen LogP contribution in [0, 0.1) is 6.92 Å². The minimum Gasteiger partial charge on any atom is -0.455 e. The third kappa shape index (κ3) is 2.95. The Labute approximate surface area is 157 Å². The maximum atomic E-state index is 13.0. The molecule has 2 aromatic rings. The Kier molecular flexibility index (Phi) is 4.58. The molecule has 26 heavy (non-hydrogen) atoms. The molecule has 0 unspecified atom stereocenters. The van der Waals surface area contributed by atoms with Gasteiger partial charge in [0, 0.05) is 36.3 Å². The first-order valence-electron chi connectivity index (χ1n) is 8.63. The molecule has 0 radical (unpaired) electrons. The van der Waals surface area contributed by atoms with Gasteiger partial charge in [0.1, 0.15) is 10.7 Å². The lowest BCUT2D eigenvalue weighted by Gasteiger charge is -2.28. The zero-order chi connectivity index (χ0) is 18.3. The average Bonchev–Trinajstić information content (AvgIpc) is 3.31. The Morgan fingerprint density at radius 1 is 1.15 bits per heavy atom. The molecule has 1 saturated heterocycles. The summed E-state index contributed by atoms with van der Waals surface area (Å²) in [5.74, 6) is 0.826. The quantitative estimate of drug-likeness (QED) is 0.803. The van der Waals surface area contributed by atoms with E-state index in [-0.39, 0.29) is 22.3 Å². The molecule has 2 aliphatic rings. The standard InChI is InChI=1S/C18H20N2O4S2/c1-13-17(26(22,23)19-8-4-5-9-19)12-15(24-13)18(21)20-10-11-25-16-7-3-2-6-14(16)20/h2-3,6-7,12H,4-5,8-11H2,1H3. The molecule has 1 aromatic carbocycles. The van der Waals surface area contributed by atoms with Crippen molar-refractivity contribution >= 4 is 33.4 Å². The number of fused-ring (bicyclic) bond motifs is 1. The lowest BCUT2D eigenvalue weighted by Crippen LogP contribution is -2.35. The number of aryl methyl sites for hydroxylation is 1. The van der Waals surface area contributed by atoms with Crippen LogP contribution < -0.4 is 4.90 Å². The van der Waals surface area contributed by atoms with E-state index in [9.17, 15) is 13.2 Å². The van der Waals surface area contributed by atoms with Crippen LogP contribution in [0.2, 0.25) is 0 Å². The number of carbonyl (C=O) groups is 1. The number of nitrogens with zero attached hydrogens (tertiary/aromatic N) is 2. The third-order valence-corrected chi connectivity index (χ3v) is 7.79. The molecule has 2 aliphatic heterocycles. The van der Waals surface area contributed by atoms with E-state index in [0.717, 1.165) is 29.2 Å². The first-order valence-corrected chi connectivity index (χ1v) is 11.1. The summed E-state index contributed by atoms with van der Waals surface area (Å²) in [5, 5.41) is 0.